The van der Waals surface area contributed by atoms with Crippen LogP contribution in [0.4, 0.5) is 11.4 Å². The maximum absolute atomic E-state index is 2.87. The summed E-state index contributed by atoms with van der Waals surface area (Å²) < 4.78 is 8.41. The quantitative estimate of drug-likeness (QED) is 0.160. The third kappa shape index (κ3) is 5.27. The van der Waals surface area contributed by atoms with Gasteiger partial charge in [-0.1, -0.05) is 103 Å². The molecule has 0 radical (unpaired) electrons. The zero-order valence-corrected chi connectivity index (χ0v) is 42.8. The number of hydrogen-bond acceptors (Lipinski definition) is 3. The van der Waals surface area contributed by atoms with Gasteiger partial charge in [0.15, 0.2) is 0 Å². The van der Waals surface area contributed by atoms with Crippen LogP contribution in [0, 0.1) is 35.5 Å². The predicted octanol–water partition coefficient (Wildman–Crippen LogP) is 17.4. The lowest BCUT2D eigenvalue weighted by atomic mass is 9.42. The molecular weight excluding hydrogens is 920 g/mol. The lowest BCUT2D eigenvalue weighted by Crippen LogP contribution is -2.61. The molecule has 21 rings (SSSR count). The van der Waals surface area contributed by atoms with Crippen molar-refractivity contribution >= 4 is 114 Å². The molecule has 8 bridgehead atoms. The van der Waals surface area contributed by atoms with E-state index in [1.54, 1.807) is 11.1 Å². The van der Waals surface area contributed by atoms with Gasteiger partial charge in [0.1, 0.15) is 0 Å². The van der Waals surface area contributed by atoms with Gasteiger partial charge in [0, 0.05) is 53.0 Å². The number of aromatic nitrogens is 1. The summed E-state index contributed by atoms with van der Waals surface area (Å²) in [5.41, 5.74) is 19.1. The molecule has 3 aromatic heterocycles. The zero-order chi connectivity index (χ0) is 47.1. The first-order chi connectivity index (χ1) is 36.0. The molecule has 5 heteroatoms. The van der Waals surface area contributed by atoms with Crippen molar-refractivity contribution in [3.8, 4) is 27.9 Å². The van der Waals surface area contributed by atoms with Crippen LogP contribution in [0.25, 0.3) is 90.1 Å². The fraction of sp³-hybridized carbons (Fsp3) is 0.294. The van der Waals surface area contributed by atoms with Gasteiger partial charge < -0.3 is 9.38 Å². The second-order valence-corrected chi connectivity index (χ2v) is 27.3. The second kappa shape index (κ2) is 14.0. The number of nitrogens with zero attached hydrogens (tertiary/aromatic N) is 2. The molecule has 2 aliphatic heterocycles. The molecule has 0 N–H and O–H groups in total. The molecule has 2 nitrogen and oxygen atoms in total. The van der Waals surface area contributed by atoms with Gasteiger partial charge in [-0.25, -0.2) is 0 Å². The van der Waals surface area contributed by atoms with Crippen molar-refractivity contribution in [3.05, 3.63) is 163 Å². The van der Waals surface area contributed by atoms with E-state index in [2.05, 4.69) is 161 Å². The van der Waals surface area contributed by atoms with E-state index >= 15 is 0 Å². The summed E-state index contributed by atoms with van der Waals surface area (Å²) in [7, 11) is 0. The van der Waals surface area contributed by atoms with E-state index in [1.165, 1.54) is 189 Å². The Morgan fingerprint density at radius 1 is 0.425 bits per heavy atom. The number of fused-ring (bicyclic) bond motifs is 15. The Morgan fingerprint density at radius 3 is 1.64 bits per heavy atom. The summed E-state index contributed by atoms with van der Waals surface area (Å²) in [6.07, 6.45) is 17.1. The monoisotopic (exact) mass is 974 g/mol. The van der Waals surface area contributed by atoms with E-state index in [0.29, 0.717) is 5.41 Å². The van der Waals surface area contributed by atoms with Gasteiger partial charge >= 0.3 is 6.85 Å². The number of benzene rings is 8. The molecule has 73 heavy (non-hydrogen) atoms. The van der Waals surface area contributed by atoms with Crippen LogP contribution in [0.3, 0.4) is 0 Å². The molecular formula is C68H55BN2S2. The van der Waals surface area contributed by atoms with Crippen LogP contribution in [0.1, 0.15) is 88.2 Å². The molecule has 0 spiro atoms. The zero-order valence-electron chi connectivity index (χ0n) is 41.2. The molecule has 8 saturated carbocycles. The Morgan fingerprint density at radius 2 is 0.986 bits per heavy atom. The van der Waals surface area contributed by atoms with E-state index in [1.807, 2.05) is 22.7 Å². The third-order valence-electron chi connectivity index (χ3n) is 21.2. The minimum Gasteiger partial charge on any atom is -0.375 e. The van der Waals surface area contributed by atoms with Crippen molar-refractivity contribution < 1.29 is 0 Å². The SMILES string of the molecule is c1ccc(-c2ccc(N3B4c5c(cc6c(sc7ccccc76)c5-n5c6ccc(C78CC9CC(CC(C9)C7)C8)cc6c6cc(C78CC9CC(CC(C9)C7)C8)cc4c65)-c4ccc5c(sc6ccccc65)c43)cc2)cc1. The van der Waals surface area contributed by atoms with Crippen molar-refractivity contribution in [2.24, 2.45) is 35.5 Å². The Labute approximate surface area is 434 Å². The third-order valence-corrected chi connectivity index (χ3v) is 23.6. The first-order valence-electron chi connectivity index (χ1n) is 28.0. The van der Waals surface area contributed by atoms with Gasteiger partial charge in [-0.15, -0.1) is 22.7 Å². The molecule has 11 aromatic rings. The molecule has 8 aliphatic carbocycles. The number of thiophene rings is 2. The van der Waals surface area contributed by atoms with E-state index in [0.717, 1.165) is 35.5 Å². The van der Waals surface area contributed by atoms with E-state index < -0.39 is 0 Å². The Balaban J connectivity index is 0.965. The van der Waals surface area contributed by atoms with Gasteiger partial charge in [0.05, 0.1) is 31.8 Å². The molecule has 5 heterocycles. The van der Waals surface area contributed by atoms with Crippen LogP contribution in [0.15, 0.2) is 152 Å². The van der Waals surface area contributed by atoms with Gasteiger partial charge in [-0.05, 0) is 211 Å². The molecule has 352 valence electrons. The molecule has 8 aromatic carbocycles. The summed E-state index contributed by atoms with van der Waals surface area (Å²) in [5.74, 6) is 5.36. The summed E-state index contributed by atoms with van der Waals surface area (Å²) in [6.45, 7) is -0.0266. The first-order valence-corrected chi connectivity index (χ1v) is 29.6. The van der Waals surface area contributed by atoms with Crippen molar-refractivity contribution in [2.45, 2.75) is 87.9 Å². The highest BCUT2D eigenvalue weighted by Gasteiger charge is 2.54. The smallest absolute Gasteiger partial charge is 0.333 e. The maximum Gasteiger partial charge on any atom is 0.333 e. The fourth-order valence-corrected chi connectivity index (χ4v) is 21.7. The molecule has 0 saturated heterocycles. The molecule has 0 amide bonds. The highest BCUT2D eigenvalue weighted by Crippen LogP contribution is 2.63. The Kier molecular flexibility index (Phi) is 7.71. The minimum atomic E-state index is -0.0266. The van der Waals surface area contributed by atoms with E-state index in [9.17, 15) is 0 Å². The largest absolute Gasteiger partial charge is 0.375 e. The fourth-order valence-electron chi connectivity index (χ4n) is 19.3. The maximum atomic E-state index is 2.87. The minimum absolute atomic E-state index is 0.0266. The van der Waals surface area contributed by atoms with Gasteiger partial charge in [0.25, 0.3) is 0 Å². The average Bonchev–Trinajstić information content (AvgIpc) is 4.15. The summed E-state index contributed by atoms with van der Waals surface area (Å²) in [6, 6.07) is 60.5. The predicted molar refractivity (Wildman–Crippen MR) is 311 cm³/mol. The summed E-state index contributed by atoms with van der Waals surface area (Å²) in [4.78, 5) is 2.87. The van der Waals surface area contributed by atoms with Crippen LogP contribution in [-0.2, 0) is 10.8 Å². The molecule has 0 atom stereocenters. The van der Waals surface area contributed by atoms with Crippen LogP contribution < -0.4 is 15.7 Å². The van der Waals surface area contributed by atoms with Crippen LogP contribution in [0.2, 0.25) is 0 Å². The normalized spacial score (nSPS) is 27.9. The van der Waals surface area contributed by atoms with Crippen LogP contribution in [-0.4, -0.2) is 11.4 Å². The standard InChI is InChI=1S/C68H55BN2S2/c1-2-8-44(9-3-1)45-14-17-48(18-15-45)71-63-51(19-20-52-49-10-4-6-12-59(49)72-65(52)63)54-31-56-50-11-5-7-13-60(50)73-66(56)64-61(54)69(71)57-30-47(68-35-41-25-42(36-68)27-43(26-41)37-68)29-55-53-28-46(16-21-58(53)70(64)62(55)57)67-32-38-22-39(33-67)24-40(23-38)34-67/h1-21,28-31,38-43H,22-27,32-37H2. The van der Waals surface area contributed by atoms with Crippen molar-refractivity contribution in [3.63, 3.8) is 0 Å². The topological polar surface area (TPSA) is 8.17 Å². The Bertz CT molecular complexity index is 4180. The van der Waals surface area contributed by atoms with Crippen molar-refractivity contribution in [1.82, 2.24) is 4.57 Å². The number of rotatable bonds is 4. The number of anilines is 2. The summed E-state index contributed by atoms with van der Waals surface area (Å²) in [5, 5.41) is 8.52. The lowest BCUT2D eigenvalue weighted by Gasteiger charge is -2.57. The van der Waals surface area contributed by atoms with Gasteiger partial charge in [-0.3, -0.25) is 0 Å². The van der Waals surface area contributed by atoms with Crippen LogP contribution in [0.5, 0.6) is 0 Å². The molecule has 0 unspecified atom stereocenters. The average molecular weight is 975 g/mol. The van der Waals surface area contributed by atoms with Gasteiger partial charge in [0.2, 0.25) is 0 Å². The molecule has 8 fully saturated rings. The number of hydrogen-bond donors (Lipinski definition) is 0. The lowest BCUT2D eigenvalue weighted by molar-refractivity contribution is -0.00526. The second-order valence-electron chi connectivity index (χ2n) is 25.2. The highest BCUT2D eigenvalue weighted by atomic mass is 32.1. The van der Waals surface area contributed by atoms with Crippen molar-refractivity contribution in [1.29, 1.82) is 0 Å². The van der Waals surface area contributed by atoms with Crippen molar-refractivity contribution in [2.75, 3.05) is 4.81 Å². The van der Waals surface area contributed by atoms with Gasteiger partial charge in [-0.2, -0.15) is 0 Å². The van der Waals surface area contributed by atoms with E-state index in [4.69, 9.17) is 0 Å². The highest BCUT2D eigenvalue weighted by molar-refractivity contribution is 7.27. The van der Waals surface area contributed by atoms with E-state index in [-0.39, 0.29) is 12.3 Å². The first kappa shape index (κ1) is 40.3. The summed E-state index contributed by atoms with van der Waals surface area (Å²) >= 11 is 4.02. The van der Waals surface area contributed by atoms with Crippen LogP contribution >= 0.6 is 22.7 Å². The Hall–Kier alpha value is -6.14. The molecule has 10 aliphatic rings.